The van der Waals surface area contributed by atoms with Crippen LogP contribution in [0.4, 0.5) is 0 Å². The van der Waals surface area contributed by atoms with Crippen molar-refractivity contribution in [3.8, 4) is 0 Å². The first-order valence-electron chi connectivity index (χ1n) is 6.08. The van der Waals surface area contributed by atoms with E-state index in [-0.39, 0.29) is 0 Å². The first-order valence-corrected chi connectivity index (χ1v) is 6.08. The highest BCUT2D eigenvalue weighted by Gasteiger charge is 2.20. The summed E-state index contributed by atoms with van der Waals surface area (Å²) in [5.74, 6) is 1.03. The molecule has 0 aliphatic heterocycles. The molecular formula is C12H25B. The van der Waals surface area contributed by atoms with Crippen LogP contribution in [0, 0.1) is 0 Å². The highest BCUT2D eigenvalue weighted by Crippen LogP contribution is 2.33. The molecule has 0 aromatic heterocycles. The van der Waals surface area contributed by atoms with Crippen LogP contribution in [0.15, 0.2) is 0 Å². The van der Waals surface area contributed by atoms with E-state index in [1.165, 1.54) is 52.2 Å². The fraction of sp³-hybridized carbons (Fsp3) is 1.00. The second kappa shape index (κ2) is 5.07. The molecule has 1 rings (SSSR count). The van der Waals surface area contributed by atoms with Gasteiger partial charge in [0.2, 0.25) is 0 Å². The summed E-state index contributed by atoms with van der Waals surface area (Å²) in [6.07, 6.45) is 10.4. The van der Waals surface area contributed by atoms with Crippen molar-refractivity contribution in [2.45, 2.75) is 76.8 Å². The molecule has 13 heavy (non-hydrogen) atoms. The Balaban J connectivity index is 2.29. The molecule has 0 heterocycles. The molecule has 76 valence electrons. The smallest absolute Gasteiger partial charge is 0.0671 e. The molecular weight excluding hydrogens is 155 g/mol. The molecule has 1 fully saturated rings. The summed E-state index contributed by atoms with van der Waals surface area (Å²) < 4.78 is 0. The lowest BCUT2D eigenvalue weighted by Gasteiger charge is -2.25. The molecule has 1 saturated carbocycles. The van der Waals surface area contributed by atoms with Crippen LogP contribution < -0.4 is 0 Å². The van der Waals surface area contributed by atoms with E-state index in [0.717, 1.165) is 5.82 Å². The molecule has 0 amide bonds. The van der Waals surface area contributed by atoms with Crippen molar-refractivity contribution in [2.75, 3.05) is 0 Å². The predicted octanol–water partition coefficient (Wildman–Crippen LogP) is 4.17. The zero-order chi connectivity index (χ0) is 9.73. The van der Waals surface area contributed by atoms with E-state index < -0.39 is 0 Å². The van der Waals surface area contributed by atoms with Crippen LogP contribution >= 0.6 is 0 Å². The topological polar surface area (TPSA) is 0 Å². The van der Waals surface area contributed by atoms with E-state index in [1.807, 2.05) is 0 Å². The lowest BCUT2D eigenvalue weighted by molar-refractivity contribution is 0.495. The monoisotopic (exact) mass is 180 g/mol. The highest BCUT2D eigenvalue weighted by atomic mass is 14.1. The Hall–Kier alpha value is 0.0649. The van der Waals surface area contributed by atoms with Gasteiger partial charge in [-0.05, 0) is 0 Å². The predicted molar refractivity (Wildman–Crippen MR) is 62.9 cm³/mol. The molecule has 0 atom stereocenters. The van der Waals surface area contributed by atoms with Gasteiger partial charge in [-0.3, -0.25) is 0 Å². The molecule has 0 N–H and O–H groups in total. The van der Waals surface area contributed by atoms with Crippen LogP contribution in [-0.4, -0.2) is 7.28 Å². The first-order chi connectivity index (χ1) is 6.08. The average Bonchev–Trinajstić information content (AvgIpc) is 1.92. The van der Waals surface area contributed by atoms with Crippen LogP contribution in [0.3, 0.4) is 0 Å². The lowest BCUT2D eigenvalue weighted by Crippen LogP contribution is -2.16. The minimum Gasteiger partial charge on any atom is -0.0671 e. The fourth-order valence-electron chi connectivity index (χ4n) is 2.61. The standard InChI is InChI=1S/C12H25B/c1-12(2,3)13-11-9-7-5-4-6-8-10-11/h11,13H,4-10H2,1-3H3. The van der Waals surface area contributed by atoms with Gasteiger partial charge < -0.3 is 0 Å². The SMILES string of the molecule is CC(C)(C)BC1CCCCCCC1. The van der Waals surface area contributed by atoms with Gasteiger partial charge in [0.05, 0.1) is 0 Å². The first kappa shape index (κ1) is 11.1. The van der Waals surface area contributed by atoms with Crippen molar-refractivity contribution in [1.29, 1.82) is 0 Å². The molecule has 0 saturated heterocycles. The summed E-state index contributed by atoms with van der Waals surface area (Å²) in [5.41, 5.74) is 0. The number of hydrogen-bond donors (Lipinski definition) is 0. The molecule has 0 aromatic rings. The van der Waals surface area contributed by atoms with Crippen LogP contribution in [0.2, 0.25) is 11.1 Å². The van der Waals surface area contributed by atoms with Gasteiger partial charge in [-0.1, -0.05) is 76.8 Å². The van der Waals surface area contributed by atoms with E-state index in [1.54, 1.807) is 0 Å². The Morgan fingerprint density at radius 2 is 1.31 bits per heavy atom. The minimum atomic E-state index is 0.545. The lowest BCUT2D eigenvalue weighted by atomic mass is 9.46. The van der Waals surface area contributed by atoms with Crippen LogP contribution in [0.1, 0.15) is 65.7 Å². The van der Waals surface area contributed by atoms with Crippen LogP contribution in [0.5, 0.6) is 0 Å². The van der Waals surface area contributed by atoms with Crippen LogP contribution in [-0.2, 0) is 0 Å². The van der Waals surface area contributed by atoms with Crippen molar-refractivity contribution < 1.29 is 0 Å². The minimum absolute atomic E-state index is 0.545. The third-order valence-corrected chi connectivity index (χ3v) is 3.13. The molecule has 0 nitrogen and oxygen atoms in total. The van der Waals surface area contributed by atoms with Crippen molar-refractivity contribution in [1.82, 2.24) is 0 Å². The summed E-state index contributed by atoms with van der Waals surface area (Å²) >= 11 is 0. The van der Waals surface area contributed by atoms with Gasteiger partial charge in [0, 0.05) is 0 Å². The molecule has 0 spiro atoms. The second-order valence-electron chi connectivity index (χ2n) is 5.98. The summed E-state index contributed by atoms with van der Waals surface area (Å²) in [6, 6.07) is 0. The van der Waals surface area contributed by atoms with Gasteiger partial charge in [0.15, 0.2) is 0 Å². The third kappa shape index (κ3) is 5.39. The van der Waals surface area contributed by atoms with E-state index >= 15 is 0 Å². The Morgan fingerprint density at radius 1 is 0.846 bits per heavy atom. The molecule has 0 unspecified atom stereocenters. The van der Waals surface area contributed by atoms with Crippen molar-refractivity contribution in [2.24, 2.45) is 0 Å². The molecule has 0 aromatic carbocycles. The molecule has 0 radical (unpaired) electrons. The van der Waals surface area contributed by atoms with E-state index in [4.69, 9.17) is 0 Å². The van der Waals surface area contributed by atoms with E-state index in [9.17, 15) is 0 Å². The van der Waals surface area contributed by atoms with Gasteiger partial charge in [0.25, 0.3) is 0 Å². The van der Waals surface area contributed by atoms with Crippen LogP contribution in [0.25, 0.3) is 0 Å². The maximum absolute atomic E-state index is 2.38. The molecule has 1 heteroatoms. The summed E-state index contributed by atoms with van der Waals surface area (Å²) in [5, 5.41) is 0.545. The normalized spacial score (nSPS) is 22.1. The van der Waals surface area contributed by atoms with Gasteiger partial charge in [0.1, 0.15) is 7.28 Å². The summed E-state index contributed by atoms with van der Waals surface area (Å²) in [7, 11) is 1.44. The number of rotatable bonds is 1. The third-order valence-electron chi connectivity index (χ3n) is 3.13. The van der Waals surface area contributed by atoms with Gasteiger partial charge >= 0.3 is 0 Å². The highest BCUT2D eigenvalue weighted by molar-refractivity contribution is 6.41. The maximum Gasteiger partial charge on any atom is 0.130 e. The summed E-state index contributed by atoms with van der Waals surface area (Å²) in [6.45, 7) is 7.14. The Kier molecular flexibility index (Phi) is 4.35. The maximum atomic E-state index is 2.38. The second-order valence-corrected chi connectivity index (χ2v) is 5.98. The quantitative estimate of drug-likeness (QED) is 0.531. The molecule has 1 aliphatic carbocycles. The average molecular weight is 180 g/mol. The Morgan fingerprint density at radius 3 is 1.77 bits per heavy atom. The van der Waals surface area contributed by atoms with Gasteiger partial charge in [-0.15, -0.1) is 0 Å². The summed E-state index contributed by atoms with van der Waals surface area (Å²) in [4.78, 5) is 0. The molecule has 0 bridgehead atoms. The zero-order valence-corrected chi connectivity index (χ0v) is 9.73. The van der Waals surface area contributed by atoms with Crippen molar-refractivity contribution in [3.05, 3.63) is 0 Å². The van der Waals surface area contributed by atoms with Gasteiger partial charge in [-0.25, -0.2) is 0 Å². The zero-order valence-electron chi connectivity index (χ0n) is 9.73. The van der Waals surface area contributed by atoms with E-state index in [2.05, 4.69) is 20.8 Å². The Bertz CT molecular complexity index is 127. The Labute approximate surface area is 84.7 Å². The molecule has 1 aliphatic rings. The van der Waals surface area contributed by atoms with Crippen molar-refractivity contribution in [3.63, 3.8) is 0 Å². The fourth-order valence-corrected chi connectivity index (χ4v) is 2.61. The largest absolute Gasteiger partial charge is 0.130 e. The van der Waals surface area contributed by atoms with Gasteiger partial charge in [-0.2, -0.15) is 0 Å². The van der Waals surface area contributed by atoms with E-state index in [0.29, 0.717) is 5.31 Å². The van der Waals surface area contributed by atoms with Crippen molar-refractivity contribution >= 4 is 7.28 Å². The number of hydrogen-bond acceptors (Lipinski definition) is 0.